The number of carbonyl (C=O) groups excluding carboxylic acids is 4. The largest absolute Gasteiger partial charge is 0.496 e. The summed E-state index contributed by atoms with van der Waals surface area (Å²) in [5.41, 5.74) is 12.5. The minimum absolute atomic E-state index is 0.00978. The molecule has 4 heterocycles. The van der Waals surface area contributed by atoms with Crippen molar-refractivity contribution in [2.45, 2.75) is 70.4 Å². The minimum Gasteiger partial charge on any atom is -0.496 e. The number of azide groups is 1. The Morgan fingerprint density at radius 2 is 1.58 bits per heavy atom. The number of amides is 4. The van der Waals surface area contributed by atoms with E-state index in [0.717, 1.165) is 6.07 Å². The molecule has 27 nitrogen and oxygen atoms in total. The molecule has 0 radical (unpaired) electrons. The second-order valence-electron chi connectivity index (χ2n) is 22.4. The van der Waals surface area contributed by atoms with Gasteiger partial charge in [-0.1, -0.05) is 85.2 Å². The molecule has 5 N–H and O–H groups in total. The van der Waals surface area contributed by atoms with Crippen LogP contribution in [0.1, 0.15) is 43.2 Å². The molecule has 97 heavy (non-hydrogen) atoms. The van der Waals surface area contributed by atoms with Gasteiger partial charge in [0.1, 0.15) is 77.6 Å². The van der Waals surface area contributed by atoms with Gasteiger partial charge >= 0.3 is 12.1 Å². The fraction of sp³-hybridized carbons (Fsp3) is 0.318. The number of para-hydroxylation sites is 2. The fourth-order valence-electron chi connectivity index (χ4n) is 10.4. The van der Waals surface area contributed by atoms with E-state index < -0.39 is 87.9 Å². The smallest absolute Gasteiger partial charge is 0.410 e. The summed E-state index contributed by atoms with van der Waals surface area (Å²) in [6, 6.07) is 26.9. The highest BCUT2D eigenvalue weighted by Crippen LogP contribution is 2.50. The highest BCUT2D eigenvalue weighted by atomic mass is 35.5. The molecule has 0 saturated carbocycles. The number of thiophene rings is 1. The van der Waals surface area contributed by atoms with Gasteiger partial charge in [-0.25, -0.2) is 33.9 Å². The molecule has 1 aliphatic rings. The van der Waals surface area contributed by atoms with Crippen LogP contribution in [0.15, 0.2) is 132 Å². The summed E-state index contributed by atoms with van der Waals surface area (Å²) in [6.45, 7) is 7.53. The number of hydrogen-bond donors (Lipinski definition) is 5. The molecule has 1 fully saturated rings. The molecule has 9 rings (SSSR count). The number of benzene rings is 5. The molecule has 1 saturated heterocycles. The highest BCUT2D eigenvalue weighted by molar-refractivity contribution is 7.85. The van der Waals surface area contributed by atoms with Gasteiger partial charge in [0.2, 0.25) is 29.7 Å². The van der Waals surface area contributed by atoms with Crippen LogP contribution in [0, 0.1) is 18.7 Å². The van der Waals surface area contributed by atoms with E-state index in [1.807, 2.05) is 37.3 Å². The number of anilines is 1. The number of nitrogens with zero attached hydrogens (tertiary/aromatic N) is 9. The Morgan fingerprint density at radius 1 is 0.835 bits per heavy atom. The Hall–Kier alpha value is -10.1. The first-order valence-electron chi connectivity index (χ1n) is 30.4. The number of aromatic nitrogens is 4. The van der Waals surface area contributed by atoms with Crippen molar-refractivity contribution >= 4 is 78.7 Å². The van der Waals surface area contributed by atoms with Crippen molar-refractivity contribution in [3.05, 3.63) is 165 Å². The summed E-state index contributed by atoms with van der Waals surface area (Å²) in [4.78, 5) is 90.1. The number of nitrogens with one attached hydrogen (secondary N) is 3. The van der Waals surface area contributed by atoms with Crippen LogP contribution < -0.4 is 34.9 Å². The van der Waals surface area contributed by atoms with Gasteiger partial charge in [-0.3, -0.25) is 23.8 Å². The number of piperazine rings is 1. The number of methoxy groups -OCH3 is 1. The predicted molar refractivity (Wildman–Crippen MR) is 356 cm³/mol. The normalized spacial score (nSPS) is 13.4. The Bertz CT molecular complexity index is 4350. The maximum atomic E-state index is 14.4. The number of carboxylic acids is 1. The van der Waals surface area contributed by atoms with Gasteiger partial charge in [-0.05, 0) is 102 Å². The summed E-state index contributed by atoms with van der Waals surface area (Å²) in [6.07, 6.45) is 0.559. The lowest BCUT2D eigenvalue weighted by molar-refractivity contribution is -0.145. The van der Waals surface area contributed by atoms with Crippen molar-refractivity contribution in [1.29, 1.82) is 0 Å². The van der Waals surface area contributed by atoms with Gasteiger partial charge in [0, 0.05) is 78.5 Å². The third kappa shape index (κ3) is 18.5. The zero-order valence-corrected chi connectivity index (χ0v) is 55.5. The number of ether oxygens (including phenoxy) is 6. The molecule has 3 atom stereocenters. The second-order valence-corrected chi connectivity index (χ2v) is 25.2. The Labute approximate surface area is 565 Å². The highest BCUT2D eigenvalue weighted by Gasteiger charge is 2.31. The first-order valence-corrected chi connectivity index (χ1v) is 33.0. The van der Waals surface area contributed by atoms with Gasteiger partial charge in [0.05, 0.1) is 35.4 Å². The Morgan fingerprint density at radius 3 is 2.30 bits per heavy atom. The molecular weight excluding hydrogens is 1320 g/mol. The molecule has 31 heteroatoms. The summed E-state index contributed by atoms with van der Waals surface area (Å²) < 4.78 is 84.9. The topological polar surface area (TPSA) is 358 Å². The quantitative estimate of drug-likeness (QED) is 0.00918. The Kier molecular flexibility index (Phi) is 24.3. The van der Waals surface area contributed by atoms with Gasteiger partial charge in [0.15, 0.2) is 5.82 Å². The van der Waals surface area contributed by atoms with Crippen LogP contribution in [0.3, 0.4) is 0 Å². The van der Waals surface area contributed by atoms with Crippen LogP contribution in [0.2, 0.25) is 5.02 Å². The molecule has 8 aromatic rings. The number of aliphatic carboxylic acids is 1. The van der Waals surface area contributed by atoms with E-state index in [1.54, 1.807) is 75.7 Å². The second kappa shape index (κ2) is 33.1. The van der Waals surface area contributed by atoms with E-state index in [2.05, 4.69) is 45.8 Å². The number of fused-ring (bicyclic) bond motifs is 1. The number of rotatable bonds is 30. The molecule has 0 bridgehead atoms. The van der Waals surface area contributed by atoms with Crippen molar-refractivity contribution in [2.75, 3.05) is 71.5 Å². The Balaban J connectivity index is 0.809. The summed E-state index contributed by atoms with van der Waals surface area (Å²) >= 11 is 8.43. The lowest BCUT2D eigenvalue weighted by Gasteiger charge is -2.34. The standard InChI is InChI=1S/C66H68ClFN12O15S2/c1-38(2)58(77-54(81)36-91-30-24-73-78-69)62(83)74-40(4)61(82)76-45-19-16-43(53(33-45)97(87,88)89)34-94-66(86)80-27-25-79(26-28-80)29-31-92-51-21-20-47(39(3)57(51)67)55-56-63(71-37-72-64(56)96-59(55)41-14-17-44(68)18-15-41)95-52(65(84)85)32-42-10-6-8-12-49(42)93-35-46-22-23-70-60(75-46)48-11-7-9-13-50(48)90-5/h6-23,33,37-38,40,52,58H,24-32,34-36H2,1-5H3,(H,74,83)(H,76,82)(H,77,81)(H,84,85)(H,87,88,89)/t40-,52+,58-/m0/s1. The molecule has 3 aromatic heterocycles. The maximum Gasteiger partial charge on any atom is 0.410 e. The summed E-state index contributed by atoms with van der Waals surface area (Å²) in [5.74, 6) is -2.38. The van der Waals surface area contributed by atoms with Gasteiger partial charge in [-0.2, -0.15) is 8.42 Å². The van der Waals surface area contributed by atoms with Crippen molar-refractivity contribution in [1.82, 2.24) is 40.4 Å². The monoisotopic (exact) mass is 1390 g/mol. The van der Waals surface area contributed by atoms with Crippen LogP contribution >= 0.6 is 22.9 Å². The zero-order valence-electron chi connectivity index (χ0n) is 53.1. The van der Waals surface area contributed by atoms with E-state index in [9.17, 15) is 46.4 Å². The van der Waals surface area contributed by atoms with Crippen LogP contribution in [0.25, 0.3) is 53.6 Å². The van der Waals surface area contributed by atoms with Crippen molar-refractivity contribution in [3.8, 4) is 56.1 Å². The van der Waals surface area contributed by atoms with Gasteiger partial charge in [-0.15, -0.1) is 11.3 Å². The lowest BCUT2D eigenvalue weighted by atomic mass is 9.96. The number of carbonyl (C=O) groups is 5. The average Bonchev–Trinajstić information content (AvgIpc) is 1.62. The maximum absolute atomic E-state index is 14.4. The van der Waals surface area contributed by atoms with Crippen LogP contribution in [0.5, 0.6) is 23.1 Å². The van der Waals surface area contributed by atoms with E-state index >= 15 is 0 Å². The van der Waals surface area contributed by atoms with Crippen molar-refractivity contribution in [3.63, 3.8) is 0 Å². The minimum atomic E-state index is -4.92. The summed E-state index contributed by atoms with van der Waals surface area (Å²) in [5, 5.41) is 22.3. The van der Waals surface area contributed by atoms with Gasteiger partial charge in [0.25, 0.3) is 10.1 Å². The first-order chi connectivity index (χ1) is 46.6. The molecule has 4 amide bonds. The molecule has 1 aliphatic heterocycles. The summed E-state index contributed by atoms with van der Waals surface area (Å²) in [7, 11) is -3.35. The van der Waals surface area contributed by atoms with Crippen LogP contribution in [-0.4, -0.2) is 162 Å². The third-order valence-electron chi connectivity index (χ3n) is 15.4. The lowest BCUT2D eigenvalue weighted by Crippen LogP contribution is -2.54. The van der Waals surface area contributed by atoms with E-state index in [0.29, 0.717) is 96.9 Å². The van der Waals surface area contributed by atoms with E-state index in [1.165, 1.54) is 53.8 Å². The van der Waals surface area contributed by atoms with Crippen molar-refractivity contribution in [2.24, 2.45) is 11.0 Å². The molecule has 0 aliphatic carbocycles. The van der Waals surface area contributed by atoms with Crippen LogP contribution in [-0.2, 0) is 58.4 Å². The third-order valence-corrected chi connectivity index (χ3v) is 18.0. The number of carboxylic acid groups (broad SMARTS) is 1. The van der Waals surface area contributed by atoms with Crippen LogP contribution in [0.4, 0.5) is 14.9 Å². The SMILES string of the molecule is COc1ccccc1-c1nccc(COc2ccccc2C[C@@H](Oc2ncnc3sc(-c4ccc(F)cc4)c(-c4ccc(OCCN5CCN(C(=O)OCc6ccc(NC(=O)[C@H](C)NC(=O)[C@@H](NC(=O)COCCN=[N+]=[N-])C(C)C)cc6S(=O)(=O)O)CC5)c(Cl)c4C)c23)C(=O)O)n1. The van der Waals surface area contributed by atoms with Gasteiger partial charge < -0.3 is 54.4 Å². The van der Waals surface area contributed by atoms with Crippen molar-refractivity contribution < 1.29 is 74.9 Å². The zero-order chi connectivity index (χ0) is 69.3. The van der Waals surface area contributed by atoms with E-state index in [4.69, 9.17) is 50.5 Å². The molecular formula is C66H68ClFN12O15S2. The number of halogens is 2. The molecule has 0 spiro atoms. The number of hydrogen-bond acceptors (Lipinski definition) is 20. The fourth-order valence-corrected chi connectivity index (χ4v) is 12.5. The molecule has 0 unspecified atom stereocenters. The first kappa shape index (κ1) is 71.2. The predicted octanol–water partition coefficient (Wildman–Crippen LogP) is 9.74. The molecule has 5 aromatic carbocycles. The van der Waals surface area contributed by atoms with E-state index in [-0.39, 0.29) is 68.0 Å². The average molecular weight is 1390 g/mol. The molecule has 508 valence electrons.